The maximum Gasteiger partial charge on any atom is 0.254 e. The molecular formula is C18H24N4O2. The molecule has 0 saturated carbocycles. The molecular weight excluding hydrogens is 304 g/mol. The summed E-state index contributed by atoms with van der Waals surface area (Å²) in [6.07, 6.45) is 3.81. The van der Waals surface area contributed by atoms with Crippen LogP contribution in [0, 0.1) is 0 Å². The Balaban J connectivity index is 1.83. The van der Waals surface area contributed by atoms with Crippen LogP contribution in [0.25, 0.3) is 0 Å². The van der Waals surface area contributed by atoms with Gasteiger partial charge in [-0.15, -0.1) is 0 Å². The predicted octanol–water partition coefficient (Wildman–Crippen LogP) is 2.67. The Labute approximate surface area is 142 Å². The molecule has 0 aliphatic carbocycles. The maximum atomic E-state index is 12.1. The Bertz CT molecular complexity index is 661. The van der Waals surface area contributed by atoms with Crippen LogP contribution in [0.15, 0.2) is 36.7 Å². The molecule has 1 aromatic carbocycles. The average molecular weight is 328 g/mol. The third-order valence-electron chi connectivity index (χ3n) is 3.26. The predicted molar refractivity (Wildman–Crippen MR) is 94.4 cm³/mol. The van der Waals surface area contributed by atoms with E-state index < -0.39 is 0 Å². The number of aromatic nitrogens is 2. The zero-order chi connectivity index (χ0) is 17.6. The van der Waals surface area contributed by atoms with Crippen molar-refractivity contribution in [3.05, 3.63) is 47.8 Å². The van der Waals surface area contributed by atoms with Crippen molar-refractivity contribution in [1.82, 2.24) is 15.3 Å². The lowest BCUT2D eigenvalue weighted by atomic mass is 10.1. The maximum absolute atomic E-state index is 12.1. The number of amides is 1. The lowest BCUT2D eigenvalue weighted by Crippen LogP contribution is -2.28. The number of carbonyl (C=O) groups is 1. The van der Waals surface area contributed by atoms with Crippen molar-refractivity contribution in [1.29, 1.82) is 0 Å². The summed E-state index contributed by atoms with van der Waals surface area (Å²) in [5.74, 6) is 1.16. The summed E-state index contributed by atoms with van der Waals surface area (Å²) < 4.78 is 5.12. The molecule has 2 aromatic rings. The van der Waals surface area contributed by atoms with Gasteiger partial charge in [-0.05, 0) is 44.9 Å². The molecule has 0 aliphatic heterocycles. The monoisotopic (exact) mass is 328 g/mol. The first-order valence-electron chi connectivity index (χ1n) is 7.89. The highest BCUT2D eigenvalue weighted by atomic mass is 16.5. The van der Waals surface area contributed by atoms with E-state index in [2.05, 4.69) is 20.6 Å². The fraction of sp³-hybridized carbons (Fsp3) is 0.389. The third kappa shape index (κ3) is 5.53. The van der Waals surface area contributed by atoms with Gasteiger partial charge in [0.05, 0.1) is 12.7 Å². The summed E-state index contributed by atoms with van der Waals surface area (Å²) >= 11 is 0. The van der Waals surface area contributed by atoms with E-state index in [1.807, 2.05) is 45.0 Å². The molecule has 1 amide bonds. The molecule has 0 bridgehead atoms. The van der Waals surface area contributed by atoms with E-state index in [0.29, 0.717) is 18.1 Å². The number of nitrogens with zero attached hydrogens (tertiary/aromatic N) is 2. The quantitative estimate of drug-likeness (QED) is 0.852. The van der Waals surface area contributed by atoms with Crippen molar-refractivity contribution in [3.63, 3.8) is 0 Å². The van der Waals surface area contributed by atoms with Gasteiger partial charge in [-0.25, -0.2) is 9.97 Å². The number of anilines is 1. The second kappa shape index (κ2) is 7.77. The van der Waals surface area contributed by atoms with Crippen molar-refractivity contribution >= 4 is 11.9 Å². The van der Waals surface area contributed by atoms with Crippen LogP contribution in [0.4, 0.5) is 5.95 Å². The van der Waals surface area contributed by atoms with Gasteiger partial charge in [-0.3, -0.25) is 4.79 Å². The summed E-state index contributed by atoms with van der Waals surface area (Å²) in [6, 6.07) is 7.79. The summed E-state index contributed by atoms with van der Waals surface area (Å²) in [6.45, 7) is 6.62. The van der Waals surface area contributed by atoms with Gasteiger partial charge in [0, 0.05) is 24.5 Å². The van der Waals surface area contributed by atoms with E-state index in [1.165, 1.54) is 12.4 Å². The Morgan fingerprint density at radius 3 is 2.29 bits per heavy atom. The molecule has 128 valence electrons. The SMILES string of the molecule is COc1ccc(CCNC(=O)c2cnc(NC(C)(C)C)nc2)cc1. The molecule has 0 unspecified atom stereocenters. The second-order valence-electron chi connectivity index (χ2n) is 6.52. The summed E-state index contributed by atoms with van der Waals surface area (Å²) in [5.41, 5.74) is 1.46. The van der Waals surface area contributed by atoms with Gasteiger partial charge in [0.25, 0.3) is 5.91 Å². The molecule has 2 rings (SSSR count). The zero-order valence-corrected chi connectivity index (χ0v) is 14.6. The van der Waals surface area contributed by atoms with E-state index in [0.717, 1.165) is 17.7 Å². The van der Waals surface area contributed by atoms with Gasteiger partial charge in [-0.2, -0.15) is 0 Å². The fourth-order valence-electron chi connectivity index (χ4n) is 2.06. The highest BCUT2D eigenvalue weighted by Gasteiger charge is 2.12. The van der Waals surface area contributed by atoms with Gasteiger partial charge < -0.3 is 15.4 Å². The van der Waals surface area contributed by atoms with Crippen LogP contribution < -0.4 is 15.4 Å². The molecule has 6 nitrogen and oxygen atoms in total. The first-order valence-corrected chi connectivity index (χ1v) is 7.89. The molecule has 1 heterocycles. The van der Waals surface area contributed by atoms with E-state index in [1.54, 1.807) is 7.11 Å². The van der Waals surface area contributed by atoms with Crippen molar-refractivity contribution in [2.24, 2.45) is 0 Å². The lowest BCUT2D eigenvalue weighted by Gasteiger charge is -2.20. The fourth-order valence-corrected chi connectivity index (χ4v) is 2.06. The summed E-state index contributed by atoms with van der Waals surface area (Å²) in [4.78, 5) is 20.4. The molecule has 2 N–H and O–H groups in total. The Morgan fingerprint density at radius 2 is 1.75 bits per heavy atom. The van der Waals surface area contributed by atoms with Crippen molar-refractivity contribution in [2.75, 3.05) is 19.0 Å². The molecule has 0 saturated heterocycles. The van der Waals surface area contributed by atoms with Crippen LogP contribution in [0.5, 0.6) is 5.75 Å². The van der Waals surface area contributed by atoms with Crippen LogP contribution >= 0.6 is 0 Å². The van der Waals surface area contributed by atoms with E-state index in [4.69, 9.17) is 4.74 Å². The molecule has 0 atom stereocenters. The Kier molecular flexibility index (Phi) is 5.73. The van der Waals surface area contributed by atoms with Crippen molar-refractivity contribution in [2.45, 2.75) is 32.7 Å². The smallest absolute Gasteiger partial charge is 0.254 e. The minimum atomic E-state index is -0.175. The van der Waals surface area contributed by atoms with E-state index in [9.17, 15) is 4.79 Å². The number of carbonyl (C=O) groups excluding carboxylic acids is 1. The summed E-state index contributed by atoms with van der Waals surface area (Å²) in [7, 11) is 1.64. The van der Waals surface area contributed by atoms with Gasteiger partial charge in [0.1, 0.15) is 5.75 Å². The number of ether oxygens (including phenoxy) is 1. The minimum absolute atomic E-state index is 0.123. The standard InChI is InChI=1S/C18H24N4O2/c1-18(2,3)22-17-20-11-14(12-21-17)16(23)19-10-9-13-5-7-15(24-4)8-6-13/h5-8,11-12H,9-10H2,1-4H3,(H,19,23)(H,20,21,22). The van der Waals surface area contributed by atoms with E-state index >= 15 is 0 Å². The molecule has 0 fully saturated rings. The zero-order valence-electron chi connectivity index (χ0n) is 14.6. The van der Waals surface area contributed by atoms with E-state index in [-0.39, 0.29) is 11.4 Å². The van der Waals surface area contributed by atoms with Crippen molar-refractivity contribution in [3.8, 4) is 5.75 Å². The molecule has 0 aliphatic rings. The first-order chi connectivity index (χ1) is 11.4. The Hall–Kier alpha value is -2.63. The second-order valence-corrected chi connectivity index (χ2v) is 6.52. The van der Waals surface area contributed by atoms with Crippen LogP contribution in [0.2, 0.25) is 0 Å². The topological polar surface area (TPSA) is 76.1 Å². The number of benzene rings is 1. The third-order valence-corrected chi connectivity index (χ3v) is 3.26. The first kappa shape index (κ1) is 17.7. The van der Waals surface area contributed by atoms with Gasteiger partial charge in [0.2, 0.25) is 5.95 Å². The molecule has 0 radical (unpaired) electrons. The molecule has 0 spiro atoms. The van der Waals surface area contributed by atoms with Crippen LogP contribution in [-0.4, -0.2) is 35.1 Å². The molecule has 1 aromatic heterocycles. The van der Waals surface area contributed by atoms with Gasteiger partial charge in [-0.1, -0.05) is 12.1 Å². The highest BCUT2D eigenvalue weighted by molar-refractivity contribution is 5.93. The van der Waals surface area contributed by atoms with Gasteiger partial charge in [0.15, 0.2) is 0 Å². The number of nitrogens with one attached hydrogen (secondary N) is 2. The number of methoxy groups -OCH3 is 1. The average Bonchev–Trinajstić information content (AvgIpc) is 2.54. The minimum Gasteiger partial charge on any atom is -0.497 e. The van der Waals surface area contributed by atoms with Crippen LogP contribution in [-0.2, 0) is 6.42 Å². The van der Waals surface area contributed by atoms with Crippen molar-refractivity contribution < 1.29 is 9.53 Å². The Morgan fingerprint density at radius 1 is 1.12 bits per heavy atom. The lowest BCUT2D eigenvalue weighted by molar-refractivity contribution is 0.0953. The highest BCUT2D eigenvalue weighted by Crippen LogP contribution is 2.11. The largest absolute Gasteiger partial charge is 0.497 e. The van der Waals surface area contributed by atoms with Crippen LogP contribution in [0.1, 0.15) is 36.7 Å². The van der Waals surface area contributed by atoms with Crippen LogP contribution in [0.3, 0.4) is 0 Å². The number of rotatable bonds is 6. The summed E-state index contributed by atoms with van der Waals surface area (Å²) in [5, 5.41) is 6.03. The molecule has 6 heteroatoms. The normalized spacial score (nSPS) is 11.0. The number of hydrogen-bond donors (Lipinski definition) is 2. The number of hydrogen-bond acceptors (Lipinski definition) is 5. The van der Waals surface area contributed by atoms with Gasteiger partial charge >= 0.3 is 0 Å². The molecule has 24 heavy (non-hydrogen) atoms.